The van der Waals surface area contributed by atoms with Crippen LogP contribution in [0.2, 0.25) is 0 Å². The van der Waals surface area contributed by atoms with Gasteiger partial charge in [-0.25, -0.2) is 9.48 Å². The number of unbranched alkanes of at least 4 members (excludes halogenated alkanes) is 3. The maximum absolute atomic E-state index is 12.7. The number of aliphatic carboxylic acids is 1. The predicted octanol–water partition coefficient (Wildman–Crippen LogP) is 3.25. The highest BCUT2D eigenvalue weighted by Crippen LogP contribution is 2.22. The van der Waals surface area contributed by atoms with Crippen LogP contribution in [-0.2, 0) is 24.3 Å². The van der Waals surface area contributed by atoms with Gasteiger partial charge in [0, 0.05) is 19.5 Å². The van der Waals surface area contributed by atoms with Crippen molar-refractivity contribution in [1.29, 1.82) is 0 Å². The smallest absolute Gasteiger partial charge is 0.389 e. The minimum absolute atomic E-state index is 0.134. The molecule has 0 aliphatic carbocycles. The summed E-state index contributed by atoms with van der Waals surface area (Å²) in [7, 11) is 0. The van der Waals surface area contributed by atoms with Gasteiger partial charge >= 0.3 is 17.4 Å². The number of carboxylic acids is 1. The van der Waals surface area contributed by atoms with E-state index in [1.807, 2.05) is 13.0 Å². The van der Waals surface area contributed by atoms with Crippen LogP contribution < -0.4 is 25.8 Å². The average molecular weight is 543 g/mol. The fourth-order valence-corrected chi connectivity index (χ4v) is 3.59. The van der Waals surface area contributed by atoms with Gasteiger partial charge in [-0.15, -0.1) is 5.10 Å². The lowest BCUT2D eigenvalue weighted by atomic mass is 10.1. The van der Waals surface area contributed by atoms with Gasteiger partial charge in [0.1, 0.15) is 11.4 Å². The van der Waals surface area contributed by atoms with Crippen LogP contribution in [0, 0.1) is 0 Å². The van der Waals surface area contributed by atoms with E-state index in [2.05, 4.69) is 5.10 Å². The highest BCUT2D eigenvalue weighted by Gasteiger charge is 2.26. The van der Waals surface area contributed by atoms with Crippen molar-refractivity contribution >= 4 is 5.97 Å². The largest absolute Gasteiger partial charge is 0.546 e. The lowest BCUT2D eigenvalue weighted by Crippen LogP contribution is -2.47. The molecule has 0 saturated heterocycles. The Hall–Kier alpha value is -3.31. The van der Waals surface area contributed by atoms with Crippen LogP contribution in [0.15, 0.2) is 33.9 Å². The number of aromatic nitrogens is 3. The van der Waals surface area contributed by atoms with Gasteiger partial charge < -0.3 is 19.4 Å². The second-order valence-corrected chi connectivity index (χ2v) is 9.55. The zero-order valence-electron chi connectivity index (χ0n) is 22.0. The molecule has 0 unspecified atom stereocenters. The molecular weight excluding hydrogens is 507 g/mol. The number of rotatable bonds is 16. The van der Waals surface area contributed by atoms with Gasteiger partial charge in [-0.05, 0) is 70.1 Å². The number of carbonyl (C=O) groups is 1. The average Bonchev–Trinajstić information content (AvgIpc) is 2.82. The molecule has 1 aromatic carbocycles. The fraction of sp³-hybridized carbons (Fsp3) is 0.615. The Balaban J connectivity index is 1.93. The summed E-state index contributed by atoms with van der Waals surface area (Å²) in [6.45, 7) is 4.73. The van der Waals surface area contributed by atoms with Crippen LogP contribution in [-0.4, -0.2) is 38.7 Å². The number of nitrogens with zero attached hydrogens (tertiary/aromatic N) is 3. The summed E-state index contributed by atoms with van der Waals surface area (Å²) in [5, 5.41) is 15.1. The molecule has 0 atom stereocenters. The molecule has 12 heteroatoms. The number of hydrogen-bond donors (Lipinski definition) is 0. The number of hydrogen-bond acceptors (Lipinski definition) is 7. The summed E-state index contributed by atoms with van der Waals surface area (Å²) in [6.07, 6.45) is -1.66. The molecule has 9 nitrogen and oxygen atoms in total. The molecule has 0 N–H and O–H groups in total. The van der Waals surface area contributed by atoms with E-state index in [0.29, 0.717) is 25.0 Å². The van der Waals surface area contributed by atoms with E-state index in [1.165, 1.54) is 13.8 Å². The highest BCUT2D eigenvalue weighted by atomic mass is 19.4. The summed E-state index contributed by atoms with van der Waals surface area (Å²) in [5.41, 5.74) is -1.93. The highest BCUT2D eigenvalue weighted by molar-refractivity contribution is 5.74. The summed E-state index contributed by atoms with van der Waals surface area (Å²) in [5.74, 6) is -1.19. The van der Waals surface area contributed by atoms with Crippen molar-refractivity contribution in [3.63, 3.8) is 0 Å². The van der Waals surface area contributed by atoms with Gasteiger partial charge in [-0.3, -0.25) is 9.36 Å². The SMILES string of the molecule is CCCCn1c(=O)c(OCCCCCc2cccc(OC(C)(C)C(=O)[O-])c2)nn(CCCC(F)(F)F)c1=O. The van der Waals surface area contributed by atoms with E-state index in [1.54, 1.807) is 18.2 Å². The van der Waals surface area contributed by atoms with Crippen LogP contribution in [0.1, 0.15) is 71.3 Å². The van der Waals surface area contributed by atoms with E-state index in [-0.39, 0.29) is 32.0 Å². The summed E-state index contributed by atoms with van der Waals surface area (Å²) in [4.78, 5) is 36.4. The van der Waals surface area contributed by atoms with Crippen molar-refractivity contribution in [3.8, 4) is 11.6 Å². The van der Waals surface area contributed by atoms with Crippen LogP contribution in [0.3, 0.4) is 0 Å². The lowest BCUT2D eigenvalue weighted by Gasteiger charge is -2.27. The third-order valence-electron chi connectivity index (χ3n) is 5.77. The van der Waals surface area contributed by atoms with Crippen molar-refractivity contribution in [2.24, 2.45) is 0 Å². The Morgan fingerprint density at radius 2 is 1.79 bits per heavy atom. The number of ether oxygens (including phenoxy) is 2. The third kappa shape index (κ3) is 9.86. The summed E-state index contributed by atoms with van der Waals surface area (Å²) >= 11 is 0. The molecule has 0 aliphatic heterocycles. The first-order valence-corrected chi connectivity index (χ1v) is 12.7. The Labute approximate surface area is 219 Å². The molecule has 0 bridgehead atoms. The van der Waals surface area contributed by atoms with Gasteiger partial charge in [0.15, 0.2) is 0 Å². The van der Waals surface area contributed by atoms with Crippen LogP contribution in [0.4, 0.5) is 13.2 Å². The Kier molecular flexibility index (Phi) is 11.4. The molecule has 1 aromatic heterocycles. The Morgan fingerprint density at radius 3 is 2.45 bits per heavy atom. The first-order chi connectivity index (χ1) is 17.8. The molecule has 212 valence electrons. The Morgan fingerprint density at radius 1 is 1.05 bits per heavy atom. The van der Waals surface area contributed by atoms with Crippen LogP contribution in [0.5, 0.6) is 11.6 Å². The third-order valence-corrected chi connectivity index (χ3v) is 5.77. The molecule has 1 heterocycles. The molecule has 0 amide bonds. The van der Waals surface area contributed by atoms with Gasteiger partial charge in [0.25, 0.3) is 5.88 Å². The molecule has 2 rings (SSSR count). The van der Waals surface area contributed by atoms with Crippen molar-refractivity contribution in [2.45, 2.75) is 97.0 Å². The molecular formula is C26H35F3N3O6-. The van der Waals surface area contributed by atoms with Gasteiger partial charge in [-0.1, -0.05) is 25.5 Å². The van der Waals surface area contributed by atoms with E-state index in [9.17, 15) is 32.7 Å². The molecule has 0 fully saturated rings. The first-order valence-electron chi connectivity index (χ1n) is 12.7. The van der Waals surface area contributed by atoms with Crippen molar-refractivity contribution in [2.75, 3.05) is 6.61 Å². The van der Waals surface area contributed by atoms with Gasteiger partial charge in [0.05, 0.1) is 12.6 Å². The van der Waals surface area contributed by atoms with E-state index in [0.717, 1.165) is 34.1 Å². The van der Waals surface area contributed by atoms with Crippen molar-refractivity contribution < 1.29 is 32.5 Å². The Bertz CT molecular complexity index is 1170. The second-order valence-electron chi connectivity index (χ2n) is 9.55. The normalized spacial score (nSPS) is 11.9. The maximum Gasteiger partial charge on any atom is 0.389 e. The quantitative estimate of drug-likeness (QED) is 0.299. The zero-order chi connectivity index (χ0) is 28.3. The van der Waals surface area contributed by atoms with E-state index in [4.69, 9.17) is 9.47 Å². The molecule has 0 spiro atoms. The van der Waals surface area contributed by atoms with Crippen molar-refractivity contribution in [1.82, 2.24) is 14.3 Å². The fourth-order valence-electron chi connectivity index (χ4n) is 3.59. The molecule has 0 aliphatic rings. The number of aryl methyl sites for hydroxylation is 2. The molecule has 0 radical (unpaired) electrons. The maximum atomic E-state index is 12.7. The number of carboxylic acid groups (broad SMARTS) is 1. The minimum Gasteiger partial charge on any atom is -0.546 e. The van der Waals surface area contributed by atoms with Crippen molar-refractivity contribution in [3.05, 3.63) is 50.7 Å². The monoisotopic (exact) mass is 542 g/mol. The number of halogens is 3. The molecule has 0 saturated carbocycles. The number of alkyl halides is 3. The summed E-state index contributed by atoms with van der Waals surface area (Å²) in [6, 6.07) is 7.12. The minimum atomic E-state index is -4.35. The topological polar surface area (TPSA) is 115 Å². The predicted molar refractivity (Wildman–Crippen MR) is 132 cm³/mol. The van der Waals surface area contributed by atoms with E-state index < -0.39 is 35.4 Å². The summed E-state index contributed by atoms with van der Waals surface area (Å²) < 4.78 is 50.4. The number of benzene rings is 1. The standard InChI is InChI=1S/C26H36F3N3O6/c1-4-5-15-31-22(33)21(30-32(24(31)36)16-10-14-26(27,28)29)37-17-8-6-7-11-19-12-9-13-20(18-19)38-25(2,3)23(34)35/h9,12-13,18H,4-8,10-11,14-17H2,1-3H3,(H,34,35)/p-1. The number of carbonyl (C=O) groups excluding carboxylic acids is 1. The first kappa shape index (κ1) is 30.9. The van der Waals surface area contributed by atoms with E-state index >= 15 is 0 Å². The van der Waals surface area contributed by atoms with Gasteiger partial charge in [-0.2, -0.15) is 13.2 Å². The van der Waals surface area contributed by atoms with Gasteiger partial charge in [0.2, 0.25) is 0 Å². The molecule has 38 heavy (non-hydrogen) atoms. The second kappa shape index (κ2) is 14.0. The zero-order valence-corrected chi connectivity index (χ0v) is 22.0. The lowest BCUT2D eigenvalue weighted by molar-refractivity contribution is -0.320. The van der Waals surface area contributed by atoms with Crippen LogP contribution in [0.25, 0.3) is 0 Å². The van der Waals surface area contributed by atoms with Crippen LogP contribution >= 0.6 is 0 Å². The molecule has 2 aromatic rings.